The van der Waals surface area contributed by atoms with E-state index in [-0.39, 0.29) is 29.9 Å². The Balaban J connectivity index is 1.57. The lowest BCUT2D eigenvalue weighted by Gasteiger charge is -2.10. The van der Waals surface area contributed by atoms with Crippen LogP contribution in [0.3, 0.4) is 0 Å². The summed E-state index contributed by atoms with van der Waals surface area (Å²) in [6.07, 6.45) is 2.94. The standard InChI is InChI=1S/C21H23N5O5S/c1-15(2)24-32(30,31)14-17-5-3-16(4-6-17)11-22-21(27)18-12-23-25(13-18)19-7-9-20(10-8-19)26(28)29/h3-10,12-13,15,24H,11,14H2,1-2H3,(H,22,27). The second-order valence-electron chi connectivity index (χ2n) is 7.48. The summed E-state index contributed by atoms with van der Waals surface area (Å²) in [6, 6.07) is 12.6. The fraction of sp³-hybridized carbons (Fsp3) is 0.238. The van der Waals surface area contributed by atoms with Crippen molar-refractivity contribution >= 4 is 21.6 Å². The third kappa shape index (κ3) is 6.22. The molecule has 2 N–H and O–H groups in total. The van der Waals surface area contributed by atoms with Gasteiger partial charge in [-0.05, 0) is 37.1 Å². The van der Waals surface area contributed by atoms with Gasteiger partial charge in [0.25, 0.3) is 11.6 Å². The van der Waals surface area contributed by atoms with E-state index in [0.717, 1.165) is 5.56 Å². The minimum atomic E-state index is -3.40. The third-order valence-electron chi connectivity index (χ3n) is 4.42. The number of non-ortho nitro benzene ring substituents is 1. The fourth-order valence-corrected chi connectivity index (χ4v) is 4.40. The first-order valence-electron chi connectivity index (χ1n) is 9.78. The summed E-state index contributed by atoms with van der Waals surface area (Å²) in [5.41, 5.74) is 2.37. The molecular weight excluding hydrogens is 434 g/mol. The largest absolute Gasteiger partial charge is 0.348 e. The minimum absolute atomic E-state index is 0.0290. The van der Waals surface area contributed by atoms with E-state index >= 15 is 0 Å². The summed E-state index contributed by atoms with van der Waals surface area (Å²) in [4.78, 5) is 22.7. The molecule has 0 saturated carbocycles. The maximum absolute atomic E-state index is 12.4. The number of hydrogen-bond acceptors (Lipinski definition) is 6. The Hall–Kier alpha value is -3.57. The Morgan fingerprint density at radius 3 is 2.31 bits per heavy atom. The molecule has 0 saturated heterocycles. The van der Waals surface area contributed by atoms with E-state index in [1.807, 2.05) is 0 Å². The van der Waals surface area contributed by atoms with E-state index in [0.29, 0.717) is 16.8 Å². The van der Waals surface area contributed by atoms with E-state index in [9.17, 15) is 23.3 Å². The molecule has 10 nitrogen and oxygen atoms in total. The predicted octanol–water partition coefficient (Wildman–Crippen LogP) is 2.54. The maximum atomic E-state index is 12.4. The van der Waals surface area contributed by atoms with Crippen molar-refractivity contribution in [3.63, 3.8) is 0 Å². The quantitative estimate of drug-likeness (QED) is 0.374. The van der Waals surface area contributed by atoms with Gasteiger partial charge in [0.15, 0.2) is 0 Å². The topological polar surface area (TPSA) is 136 Å². The normalized spacial score (nSPS) is 11.5. The van der Waals surface area contributed by atoms with Gasteiger partial charge in [-0.1, -0.05) is 24.3 Å². The second-order valence-corrected chi connectivity index (χ2v) is 9.23. The van der Waals surface area contributed by atoms with Crippen LogP contribution < -0.4 is 10.0 Å². The number of carbonyl (C=O) groups excluding carboxylic acids is 1. The van der Waals surface area contributed by atoms with Gasteiger partial charge < -0.3 is 5.32 Å². The summed E-state index contributed by atoms with van der Waals surface area (Å²) in [5, 5.41) is 17.7. The van der Waals surface area contributed by atoms with E-state index in [1.165, 1.54) is 29.2 Å². The van der Waals surface area contributed by atoms with Gasteiger partial charge in [0.05, 0.1) is 28.1 Å². The van der Waals surface area contributed by atoms with Crippen LogP contribution in [0.1, 0.15) is 35.3 Å². The molecule has 1 heterocycles. The molecule has 0 unspecified atom stereocenters. The monoisotopic (exact) mass is 457 g/mol. The van der Waals surface area contributed by atoms with Crippen LogP contribution in [0.4, 0.5) is 5.69 Å². The molecule has 0 aliphatic carbocycles. The van der Waals surface area contributed by atoms with Gasteiger partial charge in [-0.2, -0.15) is 5.10 Å². The number of benzene rings is 2. The van der Waals surface area contributed by atoms with Crippen molar-refractivity contribution in [3.05, 3.63) is 87.7 Å². The van der Waals surface area contributed by atoms with Crippen LogP contribution in [0.25, 0.3) is 5.69 Å². The molecule has 0 radical (unpaired) electrons. The molecule has 0 fully saturated rings. The van der Waals surface area contributed by atoms with Crippen molar-refractivity contribution in [2.75, 3.05) is 0 Å². The highest BCUT2D eigenvalue weighted by atomic mass is 32.2. The molecule has 0 spiro atoms. The summed E-state index contributed by atoms with van der Waals surface area (Å²) < 4.78 is 28.0. The number of nitro groups is 1. The molecule has 0 bridgehead atoms. The van der Waals surface area contributed by atoms with Crippen LogP contribution in [0.15, 0.2) is 60.9 Å². The summed E-state index contributed by atoms with van der Waals surface area (Å²) >= 11 is 0. The summed E-state index contributed by atoms with van der Waals surface area (Å²) in [5.74, 6) is -0.439. The van der Waals surface area contributed by atoms with E-state index in [4.69, 9.17) is 0 Å². The Morgan fingerprint density at radius 2 is 1.72 bits per heavy atom. The van der Waals surface area contributed by atoms with Crippen LogP contribution in [-0.2, 0) is 22.3 Å². The second kappa shape index (κ2) is 9.71. The predicted molar refractivity (Wildman–Crippen MR) is 119 cm³/mol. The molecule has 1 aromatic heterocycles. The van der Waals surface area contributed by atoms with Gasteiger partial charge in [-0.25, -0.2) is 17.8 Å². The number of nitro benzene ring substituents is 1. The van der Waals surface area contributed by atoms with Crippen molar-refractivity contribution in [2.24, 2.45) is 0 Å². The molecule has 0 atom stereocenters. The number of sulfonamides is 1. The lowest BCUT2D eigenvalue weighted by atomic mass is 10.1. The van der Waals surface area contributed by atoms with Crippen LogP contribution in [0.5, 0.6) is 0 Å². The average Bonchev–Trinajstić information content (AvgIpc) is 3.22. The average molecular weight is 458 g/mol. The van der Waals surface area contributed by atoms with Crippen molar-refractivity contribution in [1.29, 1.82) is 0 Å². The first-order valence-corrected chi connectivity index (χ1v) is 11.4. The van der Waals surface area contributed by atoms with E-state index < -0.39 is 14.9 Å². The molecular formula is C21H23N5O5S. The van der Waals surface area contributed by atoms with E-state index in [2.05, 4.69) is 15.1 Å². The molecule has 2 aromatic carbocycles. The number of rotatable bonds is 9. The zero-order valence-corrected chi connectivity index (χ0v) is 18.4. The number of nitrogens with zero attached hydrogens (tertiary/aromatic N) is 3. The van der Waals surface area contributed by atoms with Gasteiger partial charge in [0.2, 0.25) is 10.0 Å². The van der Waals surface area contributed by atoms with Gasteiger partial charge in [-0.15, -0.1) is 0 Å². The smallest absolute Gasteiger partial charge is 0.269 e. The van der Waals surface area contributed by atoms with E-state index in [1.54, 1.807) is 50.2 Å². The first-order chi connectivity index (χ1) is 15.1. The molecule has 3 rings (SSSR count). The molecule has 11 heteroatoms. The van der Waals surface area contributed by atoms with Crippen molar-refractivity contribution < 1.29 is 18.1 Å². The van der Waals surface area contributed by atoms with Crippen LogP contribution in [0.2, 0.25) is 0 Å². The molecule has 3 aromatic rings. The van der Waals surface area contributed by atoms with Gasteiger partial charge >= 0.3 is 0 Å². The fourth-order valence-electron chi connectivity index (χ4n) is 2.97. The SMILES string of the molecule is CC(C)NS(=O)(=O)Cc1ccc(CNC(=O)c2cnn(-c3ccc([N+](=O)[O-])cc3)c2)cc1. The summed E-state index contributed by atoms with van der Waals surface area (Å²) in [7, 11) is -3.40. The Kier molecular flexibility index (Phi) is 7.01. The molecule has 168 valence electrons. The number of carbonyl (C=O) groups is 1. The summed E-state index contributed by atoms with van der Waals surface area (Å²) in [6.45, 7) is 3.79. The zero-order chi connectivity index (χ0) is 23.3. The van der Waals surface area contributed by atoms with Gasteiger partial charge in [0.1, 0.15) is 0 Å². The van der Waals surface area contributed by atoms with Crippen LogP contribution in [-0.4, -0.2) is 35.1 Å². The van der Waals surface area contributed by atoms with Gasteiger partial charge in [-0.3, -0.25) is 14.9 Å². The number of aromatic nitrogens is 2. The molecule has 1 amide bonds. The highest BCUT2D eigenvalue weighted by Gasteiger charge is 2.13. The molecule has 0 aliphatic rings. The number of nitrogens with one attached hydrogen (secondary N) is 2. The highest BCUT2D eigenvalue weighted by Crippen LogP contribution is 2.15. The lowest BCUT2D eigenvalue weighted by Crippen LogP contribution is -2.31. The minimum Gasteiger partial charge on any atom is -0.348 e. The van der Waals surface area contributed by atoms with Crippen LogP contribution >= 0.6 is 0 Å². The molecule has 0 aliphatic heterocycles. The molecule has 32 heavy (non-hydrogen) atoms. The van der Waals surface area contributed by atoms with Crippen molar-refractivity contribution in [3.8, 4) is 5.69 Å². The van der Waals surface area contributed by atoms with Crippen LogP contribution in [0, 0.1) is 10.1 Å². The Labute approximate surface area is 185 Å². The van der Waals surface area contributed by atoms with Gasteiger partial charge in [0, 0.05) is 30.9 Å². The number of hydrogen-bond donors (Lipinski definition) is 2. The highest BCUT2D eigenvalue weighted by molar-refractivity contribution is 7.88. The van der Waals surface area contributed by atoms with Crippen molar-refractivity contribution in [2.45, 2.75) is 32.2 Å². The maximum Gasteiger partial charge on any atom is 0.269 e. The lowest BCUT2D eigenvalue weighted by molar-refractivity contribution is -0.384. The Morgan fingerprint density at radius 1 is 1.09 bits per heavy atom. The third-order valence-corrected chi connectivity index (χ3v) is 5.96. The first kappa shape index (κ1) is 23.1. The number of amides is 1. The Bertz CT molecular complexity index is 1200. The zero-order valence-electron chi connectivity index (χ0n) is 17.6. The van der Waals surface area contributed by atoms with Crippen molar-refractivity contribution in [1.82, 2.24) is 19.8 Å².